The number of aromatic amines is 1. The van der Waals surface area contributed by atoms with Crippen molar-refractivity contribution in [2.45, 2.75) is 55.6 Å². The Morgan fingerprint density at radius 3 is 2.61 bits per heavy atom. The Kier molecular flexibility index (Phi) is 9.07. The molecular formula is C27H27F3N6O4S. The number of benzene rings is 1. The first kappa shape index (κ1) is 29.7. The average molecular weight is 589 g/mol. The summed E-state index contributed by atoms with van der Waals surface area (Å²) in [7, 11) is -3.40. The Bertz CT molecular complexity index is 1650. The number of nitrogens with one attached hydrogen (secondary N) is 1. The van der Waals surface area contributed by atoms with Crippen molar-refractivity contribution < 1.29 is 31.5 Å². The van der Waals surface area contributed by atoms with Crippen LogP contribution in [0.5, 0.6) is 0 Å². The number of carboxylic acids is 1. The second kappa shape index (κ2) is 12.5. The van der Waals surface area contributed by atoms with Crippen LogP contribution in [0.15, 0.2) is 60.1 Å². The number of rotatable bonds is 7. The van der Waals surface area contributed by atoms with E-state index in [1.54, 1.807) is 29.1 Å². The number of nitriles is 1. The number of carboxylic acid groups (broad SMARTS) is 1. The molecule has 0 saturated heterocycles. The predicted molar refractivity (Wildman–Crippen MR) is 142 cm³/mol. The van der Waals surface area contributed by atoms with Gasteiger partial charge in [0.15, 0.2) is 9.84 Å². The molecule has 10 nitrogen and oxygen atoms in total. The van der Waals surface area contributed by atoms with Crippen molar-refractivity contribution in [1.29, 1.82) is 5.26 Å². The van der Waals surface area contributed by atoms with Crippen molar-refractivity contribution in [2.75, 3.05) is 5.75 Å². The molecule has 0 amide bonds. The molecular weight excluding hydrogens is 561 g/mol. The van der Waals surface area contributed by atoms with Crippen LogP contribution in [0.25, 0.3) is 22.3 Å². The Morgan fingerprint density at radius 1 is 1.20 bits per heavy atom. The summed E-state index contributed by atoms with van der Waals surface area (Å²) in [6.45, 7) is 0. The molecule has 4 aromatic rings. The summed E-state index contributed by atoms with van der Waals surface area (Å²) in [5.74, 6) is -2.34. The number of aliphatic carboxylic acids is 1. The van der Waals surface area contributed by atoms with Gasteiger partial charge in [0.05, 0.1) is 41.1 Å². The monoisotopic (exact) mass is 588 g/mol. The number of nitrogens with zero attached hydrogens (tertiary/aromatic N) is 5. The van der Waals surface area contributed by atoms with Crippen molar-refractivity contribution in [3.05, 3.63) is 60.8 Å². The molecule has 14 heteroatoms. The number of hydrogen-bond donors (Lipinski definition) is 2. The lowest BCUT2D eigenvalue weighted by Gasteiger charge is -2.21. The number of sulfone groups is 1. The zero-order valence-electron chi connectivity index (χ0n) is 21.8. The van der Waals surface area contributed by atoms with Gasteiger partial charge in [0.1, 0.15) is 12.0 Å². The lowest BCUT2D eigenvalue weighted by molar-refractivity contribution is -0.192. The zero-order valence-corrected chi connectivity index (χ0v) is 22.6. The molecule has 5 rings (SSSR count). The fraction of sp³-hybridized carbons (Fsp3) is 0.370. The molecule has 1 atom stereocenters. The van der Waals surface area contributed by atoms with Gasteiger partial charge in [0.2, 0.25) is 0 Å². The molecule has 1 fully saturated rings. The third-order valence-corrected chi connectivity index (χ3v) is 8.74. The van der Waals surface area contributed by atoms with Crippen molar-refractivity contribution in [3.63, 3.8) is 0 Å². The number of alkyl halides is 3. The minimum absolute atomic E-state index is 0.163. The highest BCUT2D eigenvalue weighted by atomic mass is 32.2. The topological polar surface area (TPSA) is 155 Å². The van der Waals surface area contributed by atoms with E-state index in [0.717, 1.165) is 53.5 Å². The molecule has 0 aliphatic heterocycles. The summed E-state index contributed by atoms with van der Waals surface area (Å²) in [5, 5.41) is 22.0. The third kappa shape index (κ3) is 7.29. The van der Waals surface area contributed by atoms with E-state index in [0.29, 0.717) is 4.90 Å². The highest BCUT2D eigenvalue weighted by Crippen LogP contribution is 2.31. The fourth-order valence-corrected chi connectivity index (χ4v) is 6.61. The van der Waals surface area contributed by atoms with Crippen molar-refractivity contribution in [2.24, 2.45) is 5.92 Å². The van der Waals surface area contributed by atoms with E-state index in [-0.39, 0.29) is 18.1 Å². The second-order valence-corrected chi connectivity index (χ2v) is 11.7. The van der Waals surface area contributed by atoms with E-state index in [1.807, 2.05) is 24.5 Å². The predicted octanol–water partition coefficient (Wildman–Crippen LogP) is 5.31. The minimum Gasteiger partial charge on any atom is -0.475 e. The van der Waals surface area contributed by atoms with E-state index in [9.17, 15) is 26.9 Å². The van der Waals surface area contributed by atoms with Crippen LogP contribution in [-0.2, 0) is 14.6 Å². The van der Waals surface area contributed by atoms with Crippen LogP contribution in [0.1, 0.15) is 50.1 Å². The minimum atomic E-state index is -5.08. The van der Waals surface area contributed by atoms with Gasteiger partial charge < -0.3 is 10.1 Å². The maximum atomic E-state index is 13.2. The highest BCUT2D eigenvalue weighted by molar-refractivity contribution is 7.91. The van der Waals surface area contributed by atoms with Crippen LogP contribution in [0, 0.1) is 17.2 Å². The third-order valence-electron chi connectivity index (χ3n) is 6.86. The smallest absolute Gasteiger partial charge is 0.475 e. The molecule has 41 heavy (non-hydrogen) atoms. The Morgan fingerprint density at radius 2 is 1.93 bits per heavy atom. The molecule has 3 aromatic heterocycles. The largest absolute Gasteiger partial charge is 0.490 e. The molecule has 1 saturated carbocycles. The first-order valence-corrected chi connectivity index (χ1v) is 14.5. The molecule has 3 heterocycles. The molecule has 0 spiro atoms. The van der Waals surface area contributed by atoms with E-state index in [4.69, 9.17) is 9.90 Å². The van der Waals surface area contributed by atoms with E-state index < -0.39 is 28.0 Å². The lowest BCUT2D eigenvalue weighted by atomic mass is 9.91. The first-order chi connectivity index (χ1) is 19.5. The Labute approximate surface area is 233 Å². The van der Waals surface area contributed by atoms with Crippen LogP contribution < -0.4 is 0 Å². The van der Waals surface area contributed by atoms with Gasteiger partial charge in [0.25, 0.3) is 0 Å². The van der Waals surface area contributed by atoms with Crippen molar-refractivity contribution >= 4 is 26.8 Å². The summed E-state index contributed by atoms with van der Waals surface area (Å²) in [6, 6.07) is 10.7. The summed E-state index contributed by atoms with van der Waals surface area (Å²) < 4.78 is 59.8. The lowest BCUT2D eigenvalue weighted by Crippen LogP contribution is -2.21. The van der Waals surface area contributed by atoms with Gasteiger partial charge in [-0.1, -0.05) is 31.4 Å². The number of aromatic nitrogens is 5. The van der Waals surface area contributed by atoms with Crippen LogP contribution in [0.2, 0.25) is 0 Å². The molecule has 1 aliphatic carbocycles. The van der Waals surface area contributed by atoms with E-state index >= 15 is 0 Å². The van der Waals surface area contributed by atoms with Gasteiger partial charge in [-0.05, 0) is 42.5 Å². The van der Waals surface area contributed by atoms with Crippen molar-refractivity contribution in [1.82, 2.24) is 24.7 Å². The summed E-state index contributed by atoms with van der Waals surface area (Å²) in [5.41, 5.74) is 3.03. The number of H-pyrrole nitrogens is 1. The molecule has 1 aromatic carbocycles. The van der Waals surface area contributed by atoms with E-state index in [1.165, 1.54) is 12.7 Å². The summed E-state index contributed by atoms with van der Waals surface area (Å²) in [6.07, 6.45) is 7.30. The standard InChI is InChI=1S/C25H26N6O2S.C2HF3O2/c26-11-9-23(31-15-20(14-30-31)24-22-10-12-27-25(22)29-17-28-24)19-7-4-8-21(13-19)34(32,33)16-18-5-2-1-3-6-18;3-2(4,5)1(6)7/h4,7-8,10,12-15,17-18,23H,1-3,5-6,9,16H2,(H,27,28,29);(H,6,7). The maximum Gasteiger partial charge on any atom is 0.490 e. The number of hydrogen-bond acceptors (Lipinski definition) is 7. The van der Waals surface area contributed by atoms with Gasteiger partial charge >= 0.3 is 12.1 Å². The van der Waals surface area contributed by atoms with Gasteiger partial charge in [-0.2, -0.15) is 23.5 Å². The van der Waals surface area contributed by atoms with Crippen LogP contribution >= 0.6 is 0 Å². The van der Waals surface area contributed by atoms with Crippen LogP contribution in [0.3, 0.4) is 0 Å². The first-order valence-electron chi connectivity index (χ1n) is 12.8. The molecule has 1 unspecified atom stereocenters. The molecule has 0 bridgehead atoms. The molecule has 216 valence electrons. The van der Waals surface area contributed by atoms with E-state index in [2.05, 4.69) is 26.1 Å². The zero-order chi connectivity index (χ0) is 29.6. The maximum absolute atomic E-state index is 13.2. The summed E-state index contributed by atoms with van der Waals surface area (Å²) >= 11 is 0. The number of halogens is 3. The van der Waals surface area contributed by atoms with Crippen molar-refractivity contribution in [3.8, 4) is 17.3 Å². The van der Waals surface area contributed by atoms with Gasteiger partial charge in [0, 0.05) is 23.3 Å². The number of carbonyl (C=O) groups is 1. The average Bonchev–Trinajstić information content (AvgIpc) is 3.62. The van der Waals surface area contributed by atoms with Crippen LogP contribution in [0.4, 0.5) is 13.2 Å². The fourth-order valence-electron chi connectivity index (χ4n) is 4.86. The molecule has 2 N–H and O–H groups in total. The second-order valence-electron chi connectivity index (χ2n) is 9.71. The molecule has 0 radical (unpaired) electrons. The number of fused-ring (bicyclic) bond motifs is 1. The quantitative estimate of drug-likeness (QED) is 0.294. The summed E-state index contributed by atoms with van der Waals surface area (Å²) in [4.78, 5) is 20.9. The Balaban J connectivity index is 0.000000493. The van der Waals surface area contributed by atoms with Gasteiger partial charge in [-0.15, -0.1) is 0 Å². The molecule has 1 aliphatic rings. The highest BCUT2D eigenvalue weighted by Gasteiger charge is 2.38. The SMILES string of the molecule is N#CCC(c1cccc(S(=O)(=O)CC2CCCCC2)c1)n1cc(-c2ncnc3[nH]ccc23)cn1.O=C(O)C(F)(F)F. The van der Waals surface area contributed by atoms with Gasteiger partial charge in [-0.3, -0.25) is 4.68 Å². The normalized spacial score (nSPS) is 15.1. The van der Waals surface area contributed by atoms with Crippen LogP contribution in [-0.4, -0.2) is 56.2 Å². The Hall–Kier alpha value is -4.25. The van der Waals surface area contributed by atoms with Gasteiger partial charge in [-0.25, -0.2) is 23.2 Å².